The van der Waals surface area contributed by atoms with Crippen molar-refractivity contribution in [3.63, 3.8) is 0 Å². The summed E-state index contributed by atoms with van der Waals surface area (Å²) in [5, 5.41) is 2.49. The van der Waals surface area contributed by atoms with Gasteiger partial charge in [-0.1, -0.05) is 11.8 Å². The number of amides is 1. The van der Waals surface area contributed by atoms with Gasteiger partial charge in [0, 0.05) is 5.75 Å². The van der Waals surface area contributed by atoms with Crippen molar-refractivity contribution in [2.45, 2.75) is 18.9 Å². The van der Waals surface area contributed by atoms with Gasteiger partial charge in [-0.15, -0.1) is 11.8 Å². The first kappa shape index (κ1) is 12.8. The topological polar surface area (TPSA) is 46.2 Å². The number of carbonyl (C=O) groups excluding carboxylic acids is 2. The lowest BCUT2D eigenvalue weighted by molar-refractivity contribution is -0.122. The van der Waals surface area contributed by atoms with E-state index in [0.29, 0.717) is 12.2 Å². The van der Waals surface area contributed by atoms with Gasteiger partial charge in [0.15, 0.2) is 0 Å². The maximum Gasteiger partial charge on any atom is 0.247 e. The quantitative estimate of drug-likeness (QED) is 0.800. The third kappa shape index (κ3) is 4.83. The van der Waals surface area contributed by atoms with Crippen LogP contribution < -0.4 is 5.32 Å². The molecule has 0 aliphatic carbocycles. The lowest BCUT2D eigenvalue weighted by Crippen LogP contribution is -2.38. The van der Waals surface area contributed by atoms with E-state index < -0.39 is 12.5 Å². The lowest BCUT2D eigenvalue weighted by atomic mass is 10.2. The van der Waals surface area contributed by atoms with Gasteiger partial charge in [0.05, 0.1) is 17.5 Å². The van der Waals surface area contributed by atoms with E-state index in [9.17, 15) is 18.4 Å². The molecule has 0 radical (unpaired) electrons. The Morgan fingerprint density at radius 1 is 1.67 bits per heavy atom. The first-order chi connectivity index (χ1) is 7.09. The molecule has 3 nitrogen and oxygen atoms in total. The van der Waals surface area contributed by atoms with E-state index >= 15 is 0 Å². The molecule has 1 rings (SSSR count). The Balaban J connectivity index is 2.15. The van der Waals surface area contributed by atoms with Crippen molar-refractivity contribution < 1.29 is 18.4 Å². The van der Waals surface area contributed by atoms with E-state index in [0.717, 1.165) is 11.8 Å². The summed E-state index contributed by atoms with van der Waals surface area (Å²) in [5.41, 5.74) is 0. The third-order valence-corrected chi connectivity index (χ3v) is 3.71. The van der Waals surface area contributed by atoms with Crippen molar-refractivity contribution in [3.8, 4) is 0 Å². The SMILES string of the molecule is O=C(CSCC(F)F)NC1CCSC1=O. The molecule has 86 valence electrons. The van der Waals surface area contributed by atoms with Crippen LogP contribution in [0.4, 0.5) is 8.78 Å². The van der Waals surface area contributed by atoms with Gasteiger partial charge in [-0.25, -0.2) is 8.78 Å². The van der Waals surface area contributed by atoms with Crippen molar-refractivity contribution in [2.75, 3.05) is 17.3 Å². The average Bonchev–Trinajstić information content (AvgIpc) is 2.51. The Hall–Kier alpha value is -0.300. The number of hydrogen-bond acceptors (Lipinski definition) is 4. The summed E-state index contributed by atoms with van der Waals surface area (Å²) >= 11 is 2.07. The molecule has 1 fully saturated rings. The van der Waals surface area contributed by atoms with Crippen LogP contribution in [0.5, 0.6) is 0 Å². The Morgan fingerprint density at radius 3 is 2.93 bits per heavy atom. The molecule has 1 aliphatic rings. The highest BCUT2D eigenvalue weighted by Crippen LogP contribution is 2.19. The van der Waals surface area contributed by atoms with E-state index in [4.69, 9.17) is 0 Å². The van der Waals surface area contributed by atoms with Crippen molar-refractivity contribution in [1.82, 2.24) is 5.32 Å². The van der Waals surface area contributed by atoms with Gasteiger partial charge in [-0.05, 0) is 6.42 Å². The largest absolute Gasteiger partial charge is 0.345 e. The van der Waals surface area contributed by atoms with Crippen LogP contribution in [-0.4, -0.2) is 40.7 Å². The van der Waals surface area contributed by atoms with Crippen LogP contribution in [0.1, 0.15) is 6.42 Å². The second kappa shape index (κ2) is 6.32. The minimum Gasteiger partial charge on any atom is -0.345 e. The van der Waals surface area contributed by atoms with E-state index in [1.807, 2.05) is 0 Å². The van der Waals surface area contributed by atoms with Gasteiger partial charge >= 0.3 is 0 Å². The normalized spacial score (nSPS) is 21.0. The predicted molar refractivity (Wildman–Crippen MR) is 57.3 cm³/mol. The van der Waals surface area contributed by atoms with Crippen LogP contribution in [0.25, 0.3) is 0 Å². The number of nitrogens with one attached hydrogen (secondary N) is 1. The summed E-state index contributed by atoms with van der Waals surface area (Å²) in [4.78, 5) is 22.3. The lowest BCUT2D eigenvalue weighted by Gasteiger charge is -2.09. The van der Waals surface area contributed by atoms with Crippen LogP contribution in [-0.2, 0) is 9.59 Å². The summed E-state index contributed by atoms with van der Waals surface area (Å²) in [7, 11) is 0. The second-order valence-electron chi connectivity index (χ2n) is 2.98. The number of carbonyl (C=O) groups is 2. The van der Waals surface area contributed by atoms with Gasteiger partial charge in [0.2, 0.25) is 17.4 Å². The Bertz CT molecular complexity index is 251. The first-order valence-corrected chi connectivity index (χ1v) is 6.55. The van der Waals surface area contributed by atoms with Crippen LogP contribution in [0, 0.1) is 0 Å². The number of thioether (sulfide) groups is 2. The summed E-state index contributed by atoms with van der Waals surface area (Å²) in [6, 6.07) is -0.422. The fraction of sp³-hybridized carbons (Fsp3) is 0.750. The molecular weight excluding hydrogens is 244 g/mol. The van der Waals surface area contributed by atoms with E-state index in [1.54, 1.807) is 0 Å². The first-order valence-electron chi connectivity index (χ1n) is 4.41. The van der Waals surface area contributed by atoms with Gasteiger partial charge in [-0.3, -0.25) is 9.59 Å². The van der Waals surface area contributed by atoms with Gasteiger partial charge in [0.25, 0.3) is 0 Å². The molecule has 15 heavy (non-hydrogen) atoms. The average molecular weight is 255 g/mol. The molecule has 1 N–H and O–H groups in total. The number of halogens is 2. The molecule has 1 atom stereocenters. The molecule has 0 saturated carbocycles. The fourth-order valence-corrected chi connectivity index (χ4v) is 2.60. The number of rotatable bonds is 5. The molecule has 7 heteroatoms. The van der Waals surface area contributed by atoms with Gasteiger partial charge < -0.3 is 5.32 Å². The molecule has 1 amide bonds. The van der Waals surface area contributed by atoms with Crippen molar-refractivity contribution >= 4 is 34.5 Å². The molecule has 1 unspecified atom stereocenters. The van der Waals surface area contributed by atoms with Crippen LogP contribution >= 0.6 is 23.5 Å². The van der Waals surface area contributed by atoms with Crippen LogP contribution in [0.2, 0.25) is 0 Å². The Labute approximate surface area is 94.7 Å². The smallest absolute Gasteiger partial charge is 0.247 e. The van der Waals surface area contributed by atoms with Gasteiger partial charge in [-0.2, -0.15) is 0 Å². The van der Waals surface area contributed by atoms with E-state index in [-0.39, 0.29) is 22.5 Å². The molecule has 1 aliphatic heterocycles. The highest BCUT2D eigenvalue weighted by molar-refractivity contribution is 8.14. The van der Waals surface area contributed by atoms with E-state index in [1.165, 1.54) is 11.8 Å². The molecule has 1 saturated heterocycles. The Kier molecular flexibility index (Phi) is 5.38. The summed E-state index contributed by atoms with van der Waals surface area (Å²) in [5.74, 6) is 0.00886. The van der Waals surface area contributed by atoms with Crippen LogP contribution in [0.3, 0.4) is 0 Å². The molecule has 1 heterocycles. The number of hydrogen-bond donors (Lipinski definition) is 1. The van der Waals surface area contributed by atoms with Crippen molar-refractivity contribution in [2.24, 2.45) is 0 Å². The molecule has 0 aromatic heterocycles. The summed E-state index contributed by atoms with van der Waals surface area (Å²) in [6.07, 6.45) is -1.76. The van der Waals surface area contributed by atoms with Crippen LogP contribution in [0.15, 0.2) is 0 Å². The van der Waals surface area contributed by atoms with Crippen molar-refractivity contribution in [1.29, 1.82) is 0 Å². The minimum absolute atomic E-state index is 0.0151. The molecule has 0 bridgehead atoms. The molecule has 0 aromatic carbocycles. The predicted octanol–water partition coefficient (Wildman–Crippen LogP) is 1.13. The van der Waals surface area contributed by atoms with Crippen molar-refractivity contribution in [3.05, 3.63) is 0 Å². The summed E-state index contributed by atoms with van der Waals surface area (Å²) < 4.78 is 23.5. The standard InChI is InChI=1S/C8H11F2NO2S2/c9-6(10)3-14-4-7(12)11-5-1-2-15-8(5)13/h5-6H,1-4H2,(H,11,12). The fourth-order valence-electron chi connectivity index (χ4n) is 1.10. The maximum atomic E-state index is 11.7. The zero-order valence-corrected chi connectivity index (χ0v) is 9.51. The maximum absolute atomic E-state index is 11.7. The molecule has 0 aromatic rings. The van der Waals surface area contributed by atoms with E-state index in [2.05, 4.69) is 5.32 Å². The minimum atomic E-state index is -2.40. The monoisotopic (exact) mass is 255 g/mol. The highest BCUT2D eigenvalue weighted by atomic mass is 32.2. The highest BCUT2D eigenvalue weighted by Gasteiger charge is 2.26. The summed E-state index contributed by atoms with van der Waals surface area (Å²) in [6.45, 7) is 0. The molecule has 0 spiro atoms. The zero-order chi connectivity index (χ0) is 11.3. The molecular formula is C8H11F2NO2S2. The zero-order valence-electron chi connectivity index (χ0n) is 7.87. The number of alkyl halides is 2. The third-order valence-electron chi connectivity index (χ3n) is 1.75. The van der Waals surface area contributed by atoms with Gasteiger partial charge in [0.1, 0.15) is 0 Å². The second-order valence-corrected chi connectivity index (χ2v) is 5.11. The Morgan fingerprint density at radius 2 is 2.40 bits per heavy atom.